The summed E-state index contributed by atoms with van der Waals surface area (Å²) in [5, 5.41) is 14.0. The zero-order valence-electron chi connectivity index (χ0n) is 21.7. The average Bonchev–Trinajstić information content (AvgIpc) is 3.09. The highest BCUT2D eigenvalue weighted by Gasteiger charge is 2.40. The van der Waals surface area contributed by atoms with E-state index in [4.69, 9.17) is 4.74 Å². The van der Waals surface area contributed by atoms with Gasteiger partial charge in [0.25, 0.3) is 0 Å². The molecule has 2 fully saturated rings. The molecule has 194 valence electrons. The van der Waals surface area contributed by atoms with Crippen LogP contribution in [0.1, 0.15) is 54.7 Å². The summed E-state index contributed by atoms with van der Waals surface area (Å²) in [7, 11) is 2.17. The summed E-state index contributed by atoms with van der Waals surface area (Å²) in [6, 6.07) is 16.8. The molecule has 0 amide bonds. The largest absolute Gasteiger partial charge is 0.462 e. The van der Waals surface area contributed by atoms with E-state index in [9.17, 15) is 9.90 Å². The third kappa shape index (κ3) is 6.69. The first kappa shape index (κ1) is 26.7. The Morgan fingerprint density at radius 1 is 1.11 bits per heavy atom. The van der Waals surface area contributed by atoms with Crippen molar-refractivity contribution in [3.63, 3.8) is 0 Å². The molecule has 2 saturated heterocycles. The normalized spacial score (nSPS) is 24.2. The number of nitrogens with one attached hydrogen (secondary N) is 1. The molecule has 6 nitrogen and oxygen atoms in total. The molecule has 3 heterocycles. The Kier molecular flexibility index (Phi) is 9.46. The van der Waals surface area contributed by atoms with Crippen LogP contribution in [-0.2, 0) is 9.53 Å². The topological polar surface area (TPSA) is 74.2 Å². The van der Waals surface area contributed by atoms with Crippen LogP contribution in [0.5, 0.6) is 0 Å². The van der Waals surface area contributed by atoms with E-state index in [1.54, 1.807) is 0 Å². The van der Waals surface area contributed by atoms with Crippen LogP contribution in [0, 0.1) is 13.8 Å². The average molecular weight is 510 g/mol. The van der Waals surface area contributed by atoms with Gasteiger partial charge in [0.1, 0.15) is 12.0 Å². The number of benzene rings is 2. The minimum atomic E-state index is -0.566. The van der Waals surface area contributed by atoms with Gasteiger partial charge in [-0.25, -0.2) is 0 Å². The highest BCUT2D eigenvalue weighted by atomic mass is 32.2. The number of anilines is 1. The fourth-order valence-corrected chi connectivity index (χ4v) is 6.18. The predicted molar refractivity (Wildman–Crippen MR) is 149 cm³/mol. The number of nitrogens with zero attached hydrogens (tertiary/aromatic N) is 2. The Hall–Kier alpha value is -2.35. The van der Waals surface area contributed by atoms with E-state index in [1.807, 2.05) is 42.1 Å². The zero-order valence-corrected chi connectivity index (χ0v) is 22.5. The summed E-state index contributed by atoms with van der Waals surface area (Å²) in [5.74, 6) is 0.317. The molecule has 2 unspecified atom stereocenters. The van der Waals surface area contributed by atoms with Gasteiger partial charge in [-0.1, -0.05) is 60.3 Å². The molecule has 0 aromatic heterocycles. The molecule has 4 atom stereocenters. The van der Waals surface area contributed by atoms with Gasteiger partial charge in [-0.3, -0.25) is 9.79 Å². The molecule has 2 aromatic carbocycles. The van der Waals surface area contributed by atoms with Crippen molar-refractivity contribution in [3.8, 4) is 0 Å². The fourth-order valence-electron chi connectivity index (χ4n) is 5.36. The molecule has 36 heavy (non-hydrogen) atoms. The van der Waals surface area contributed by atoms with E-state index in [0.717, 1.165) is 30.1 Å². The van der Waals surface area contributed by atoms with Gasteiger partial charge < -0.3 is 20.1 Å². The first-order valence-corrected chi connectivity index (χ1v) is 14.0. The molecular weight excluding hydrogens is 470 g/mol. The summed E-state index contributed by atoms with van der Waals surface area (Å²) in [5.41, 5.74) is 4.60. The van der Waals surface area contributed by atoms with E-state index in [2.05, 4.69) is 54.3 Å². The Morgan fingerprint density at radius 2 is 1.78 bits per heavy atom. The van der Waals surface area contributed by atoms with Crippen molar-refractivity contribution in [1.82, 2.24) is 4.90 Å². The fraction of sp³-hybridized carbons (Fsp3) is 0.517. The Labute approximate surface area is 219 Å². The van der Waals surface area contributed by atoms with E-state index in [0.29, 0.717) is 12.1 Å². The number of aliphatic hydroxyl groups excluding tert-OH is 1. The van der Waals surface area contributed by atoms with Crippen LogP contribution in [0.15, 0.2) is 53.5 Å². The molecule has 0 saturated carbocycles. The first-order valence-electron chi connectivity index (χ1n) is 13.0. The van der Waals surface area contributed by atoms with Gasteiger partial charge in [-0.15, -0.1) is 0 Å². The second-order valence-corrected chi connectivity index (χ2v) is 11.1. The maximum atomic E-state index is 12.4. The van der Waals surface area contributed by atoms with E-state index >= 15 is 0 Å². The van der Waals surface area contributed by atoms with Gasteiger partial charge in [-0.05, 0) is 69.7 Å². The molecular formula is C29H39N3O3S. The molecule has 7 heteroatoms. The molecule has 0 aliphatic carbocycles. The van der Waals surface area contributed by atoms with Crippen molar-refractivity contribution >= 4 is 28.6 Å². The number of hydrogen-bond acceptors (Lipinski definition) is 7. The quantitative estimate of drug-likeness (QED) is 0.544. The second kappa shape index (κ2) is 12.7. The molecule has 0 radical (unpaired) electrons. The van der Waals surface area contributed by atoms with Gasteiger partial charge in [-0.2, -0.15) is 0 Å². The van der Waals surface area contributed by atoms with Crippen LogP contribution in [0.4, 0.5) is 5.69 Å². The highest BCUT2D eigenvalue weighted by molar-refractivity contribution is 8.14. The van der Waals surface area contributed by atoms with Crippen LogP contribution in [0.3, 0.4) is 0 Å². The van der Waals surface area contributed by atoms with E-state index in [-0.39, 0.29) is 18.7 Å². The third-order valence-electron chi connectivity index (χ3n) is 7.52. The Morgan fingerprint density at radius 3 is 2.36 bits per heavy atom. The number of thioether (sulfide) groups is 1. The number of esters is 1. The Balaban J connectivity index is 0.000000179. The van der Waals surface area contributed by atoms with Gasteiger partial charge in [0.15, 0.2) is 5.17 Å². The lowest BCUT2D eigenvalue weighted by molar-refractivity contribution is -0.155. The van der Waals surface area contributed by atoms with Crippen molar-refractivity contribution in [2.75, 3.05) is 31.3 Å². The first-order chi connectivity index (χ1) is 17.5. The molecule has 2 N–H and O–H groups in total. The summed E-state index contributed by atoms with van der Waals surface area (Å²) in [4.78, 5) is 19.3. The number of para-hydroxylation sites is 1. The SMILES string of the molecule is CN1[C@@H]2CC[C@H]1CC(OC(=O)C(CO)c1ccccc1)C2.Cc1cccc(C)c1NC1=NCCCS1. The van der Waals surface area contributed by atoms with Crippen LogP contribution in [-0.4, -0.2) is 65.3 Å². The van der Waals surface area contributed by atoms with Gasteiger partial charge in [0.2, 0.25) is 0 Å². The van der Waals surface area contributed by atoms with Crippen LogP contribution >= 0.6 is 11.8 Å². The lowest BCUT2D eigenvalue weighted by Crippen LogP contribution is -2.43. The van der Waals surface area contributed by atoms with Gasteiger partial charge in [0, 0.05) is 30.1 Å². The Bertz CT molecular complexity index is 1010. The van der Waals surface area contributed by atoms with Crippen molar-refractivity contribution in [2.45, 2.75) is 70.1 Å². The number of fused-ring (bicyclic) bond motifs is 2. The highest BCUT2D eigenvalue weighted by Crippen LogP contribution is 2.36. The minimum absolute atomic E-state index is 0.00367. The minimum Gasteiger partial charge on any atom is -0.462 e. The van der Waals surface area contributed by atoms with Crippen LogP contribution in [0.2, 0.25) is 0 Å². The molecule has 2 bridgehead atoms. The smallest absolute Gasteiger partial charge is 0.316 e. The lowest BCUT2D eigenvalue weighted by atomic mass is 9.98. The number of rotatable bonds is 5. The number of aliphatic imine (C=N–C) groups is 1. The summed E-state index contributed by atoms with van der Waals surface area (Å²) in [6.45, 7) is 5.01. The molecule has 5 rings (SSSR count). The number of aliphatic hydroxyl groups is 1. The van der Waals surface area contributed by atoms with E-state index < -0.39 is 5.92 Å². The number of piperidine rings is 1. The van der Waals surface area contributed by atoms with Gasteiger partial charge in [0.05, 0.1) is 6.61 Å². The second-order valence-electron chi connectivity index (χ2n) is 10.0. The van der Waals surface area contributed by atoms with Crippen molar-refractivity contribution in [3.05, 3.63) is 65.2 Å². The molecule has 3 aliphatic heterocycles. The maximum absolute atomic E-state index is 12.4. The number of carbonyl (C=O) groups is 1. The summed E-state index contributed by atoms with van der Waals surface area (Å²) in [6.07, 6.45) is 5.46. The molecule has 0 spiro atoms. The van der Waals surface area contributed by atoms with Crippen molar-refractivity contribution in [2.24, 2.45) is 4.99 Å². The molecule has 2 aromatic rings. The standard InChI is InChI=1S/C17H23NO3.C12H16N2S/c1-18-13-7-8-14(18)10-15(9-13)21-17(20)16(11-19)12-5-3-2-4-6-12;1-9-5-3-6-10(2)11(9)14-12-13-7-4-8-15-12/h2-6,13-16,19H,7-11H2,1H3;3,5-6H,4,7-8H2,1-2H3,(H,13,14)/t13-,14+,15?,16?;. The van der Waals surface area contributed by atoms with Crippen molar-refractivity contribution < 1.29 is 14.6 Å². The third-order valence-corrected chi connectivity index (χ3v) is 8.51. The number of ether oxygens (including phenoxy) is 1. The number of carbonyl (C=O) groups excluding carboxylic acids is 1. The van der Waals surface area contributed by atoms with Gasteiger partial charge >= 0.3 is 5.97 Å². The summed E-state index contributed by atoms with van der Waals surface area (Å²) < 4.78 is 5.70. The number of hydrogen-bond donors (Lipinski definition) is 2. The zero-order chi connectivity index (χ0) is 25.5. The van der Waals surface area contributed by atoms with Crippen molar-refractivity contribution in [1.29, 1.82) is 0 Å². The number of amidine groups is 1. The van der Waals surface area contributed by atoms with E-state index in [1.165, 1.54) is 41.8 Å². The predicted octanol–water partition coefficient (Wildman–Crippen LogP) is 5.14. The summed E-state index contributed by atoms with van der Waals surface area (Å²) >= 11 is 1.81. The maximum Gasteiger partial charge on any atom is 0.316 e. The molecule has 3 aliphatic rings. The monoisotopic (exact) mass is 509 g/mol. The van der Waals surface area contributed by atoms with Crippen LogP contribution < -0.4 is 5.32 Å². The lowest BCUT2D eigenvalue weighted by Gasteiger charge is -2.36. The van der Waals surface area contributed by atoms with Crippen LogP contribution in [0.25, 0.3) is 0 Å². The number of aryl methyl sites for hydroxylation is 2.